The zero-order valence-electron chi connectivity index (χ0n) is 11.3. The maximum Gasteiger partial charge on any atom is 0.406 e. The molecule has 0 atom stereocenters. The van der Waals surface area contributed by atoms with E-state index in [1.54, 1.807) is 0 Å². The zero-order valence-corrected chi connectivity index (χ0v) is 12.9. The van der Waals surface area contributed by atoms with E-state index in [0.717, 1.165) is 17.7 Å². The van der Waals surface area contributed by atoms with E-state index in [0.29, 0.717) is 29.1 Å². The van der Waals surface area contributed by atoms with Crippen molar-refractivity contribution in [3.63, 3.8) is 0 Å². The first-order valence-corrected chi connectivity index (χ1v) is 7.37. The maximum atomic E-state index is 11.0. The van der Waals surface area contributed by atoms with E-state index in [4.69, 9.17) is 23.2 Å². The first kappa shape index (κ1) is 15.4. The van der Waals surface area contributed by atoms with Crippen LogP contribution in [0.3, 0.4) is 0 Å². The van der Waals surface area contributed by atoms with Crippen molar-refractivity contribution in [1.29, 1.82) is 0 Å². The Labute approximate surface area is 128 Å². The molecule has 0 radical (unpaired) electrons. The summed E-state index contributed by atoms with van der Waals surface area (Å²) in [6, 6.07) is 4.49. The van der Waals surface area contributed by atoms with Crippen LogP contribution in [0, 0.1) is 0 Å². The highest BCUT2D eigenvalue weighted by Crippen LogP contribution is 2.29. The van der Waals surface area contributed by atoms with Gasteiger partial charge >= 0.3 is 6.09 Å². The third-order valence-corrected chi connectivity index (χ3v) is 4.03. The van der Waals surface area contributed by atoms with Gasteiger partial charge in [0.1, 0.15) is 0 Å². The highest BCUT2D eigenvalue weighted by molar-refractivity contribution is 6.42. The third kappa shape index (κ3) is 4.54. The molecule has 20 heavy (non-hydrogen) atoms. The summed E-state index contributed by atoms with van der Waals surface area (Å²) >= 11 is 12.4. The summed E-state index contributed by atoms with van der Waals surface area (Å²) in [6.07, 6.45) is 2.71. The van der Waals surface area contributed by atoms with Crippen LogP contribution in [0.25, 0.3) is 0 Å². The number of alkyl carbamates (subject to hydrolysis) is 1. The van der Waals surface area contributed by atoms with Crippen molar-refractivity contribution >= 4 is 29.3 Å². The number of amides is 1. The number of methoxy groups -OCH3 is 1. The highest BCUT2D eigenvalue weighted by atomic mass is 35.5. The summed E-state index contributed by atoms with van der Waals surface area (Å²) in [5.41, 5.74) is 2.04. The molecule has 0 aromatic heterocycles. The monoisotopic (exact) mass is 316 g/mol. The Morgan fingerprint density at radius 2 is 2.15 bits per heavy atom. The van der Waals surface area contributed by atoms with Crippen LogP contribution in [0.5, 0.6) is 0 Å². The molecule has 0 spiro atoms. The van der Waals surface area contributed by atoms with Crippen molar-refractivity contribution in [3.8, 4) is 0 Å². The summed E-state index contributed by atoms with van der Waals surface area (Å²) < 4.78 is 4.52. The summed E-state index contributed by atoms with van der Waals surface area (Å²) in [5, 5.41) is 7.21. The summed E-state index contributed by atoms with van der Waals surface area (Å²) in [7, 11) is 1.34. The molecule has 0 heterocycles. The SMILES string of the molecule is COC(=O)NCCc1cc(Cl)c(Cl)c(CNC2CC2)c1. The van der Waals surface area contributed by atoms with E-state index in [2.05, 4.69) is 15.4 Å². The number of hydrogen-bond donors (Lipinski definition) is 2. The molecule has 0 unspecified atom stereocenters. The Morgan fingerprint density at radius 3 is 2.80 bits per heavy atom. The Hall–Kier alpha value is -0.970. The molecule has 1 aromatic carbocycles. The quantitative estimate of drug-likeness (QED) is 0.847. The fourth-order valence-corrected chi connectivity index (χ4v) is 2.34. The summed E-state index contributed by atoms with van der Waals surface area (Å²) in [6.45, 7) is 1.22. The first-order valence-electron chi connectivity index (χ1n) is 6.62. The molecule has 1 aliphatic carbocycles. The topological polar surface area (TPSA) is 50.4 Å². The first-order chi connectivity index (χ1) is 9.60. The Bertz CT molecular complexity index is 490. The minimum Gasteiger partial charge on any atom is -0.453 e. The van der Waals surface area contributed by atoms with Crippen LogP contribution in [0.1, 0.15) is 24.0 Å². The average molecular weight is 317 g/mol. The van der Waals surface area contributed by atoms with Crippen LogP contribution >= 0.6 is 23.2 Å². The predicted octanol–water partition coefficient (Wildman–Crippen LogP) is 3.14. The van der Waals surface area contributed by atoms with Crippen LogP contribution in [0.2, 0.25) is 10.0 Å². The van der Waals surface area contributed by atoms with Gasteiger partial charge in [-0.2, -0.15) is 0 Å². The van der Waals surface area contributed by atoms with E-state index in [1.165, 1.54) is 20.0 Å². The van der Waals surface area contributed by atoms with Crippen molar-refractivity contribution in [2.75, 3.05) is 13.7 Å². The van der Waals surface area contributed by atoms with Crippen LogP contribution in [0.4, 0.5) is 4.79 Å². The predicted molar refractivity (Wildman–Crippen MR) is 80.4 cm³/mol. The molecule has 1 fully saturated rings. The number of benzene rings is 1. The number of halogens is 2. The van der Waals surface area contributed by atoms with Crippen LogP contribution in [-0.2, 0) is 17.7 Å². The van der Waals surface area contributed by atoms with Crippen LogP contribution < -0.4 is 10.6 Å². The number of carbonyl (C=O) groups is 1. The van der Waals surface area contributed by atoms with Gasteiger partial charge in [-0.15, -0.1) is 0 Å². The Kier molecular flexibility index (Phi) is 5.52. The smallest absolute Gasteiger partial charge is 0.406 e. The molecule has 0 bridgehead atoms. The molecule has 6 heteroatoms. The van der Waals surface area contributed by atoms with Crippen molar-refractivity contribution < 1.29 is 9.53 Å². The van der Waals surface area contributed by atoms with E-state index >= 15 is 0 Å². The van der Waals surface area contributed by atoms with Gasteiger partial charge in [-0.05, 0) is 36.5 Å². The number of hydrogen-bond acceptors (Lipinski definition) is 3. The lowest BCUT2D eigenvalue weighted by molar-refractivity contribution is 0.171. The lowest BCUT2D eigenvalue weighted by Gasteiger charge is -2.11. The van der Waals surface area contributed by atoms with Crippen LogP contribution in [-0.4, -0.2) is 25.8 Å². The largest absolute Gasteiger partial charge is 0.453 e. The Morgan fingerprint density at radius 1 is 1.40 bits per heavy atom. The molecule has 4 nitrogen and oxygen atoms in total. The van der Waals surface area contributed by atoms with E-state index < -0.39 is 6.09 Å². The summed E-state index contributed by atoms with van der Waals surface area (Å²) in [5.74, 6) is 0. The standard InChI is InChI=1S/C14H18Cl2N2O2/c1-20-14(19)17-5-4-9-6-10(8-18-11-2-3-11)13(16)12(15)7-9/h6-7,11,18H,2-5,8H2,1H3,(H,17,19). The Balaban J connectivity index is 1.95. The minimum absolute atomic E-state index is 0.430. The molecule has 1 amide bonds. The van der Waals surface area contributed by atoms with Crippen LogP contribution in [0.15, 0.2) is 12.1 Å². The molecule has 2 rings (SSSR count). The number of carbonyl (C=O) groups excluding carboxylic acids is 1. The van der Waals surface area contributed by atoms with Crippen molar-refractivity contribution in [2.45, 2.75) is 31.8 Å². The molecule has 1 aliphatic rings. The fraction of sp³-hybridized carbons (Fsp3) is 0.500. The van der Waals surface area contributed by atoms with Gasteiger partial charge < -0.3 is 15.4 Å². The summed E-state index contributed by atoms with van der Waals surface area (Å²) in [4.78, 5) is 11.0. The second-order valence-electron chi connectivity index (χ2n) is 4.87. The molecule has 0 saturated heterocycles. The molecular weight excluding hydrogens is 299 g/mol. The normalized spacial score (nSPS) is 14.2. The van der Waals surface area contributed by atoms with Gasteiger partial charge in [0.25, 0.3) is 0 Å². The minimum atomic E-state index is -0.430. The van der Waals surface area contributed by atoms with Crippen molar-refractivity contribution in [3.05, 3.63) is 33.3 Å². The number of rotatable bonds is 6. The van der Waals surface area contributed by atoms with Gasteiger partial charge in [0.2, 0.25) is 0 Å². The van der Waals surface area contributed by atoms with E-state index in [1.807, 2.05) is 12.1 Å². The average Bonchev–Trinajstić information content (AvgIpc) is 3.24. The van der Waals surface area contributed by atoms with Gasteiger partial charge in [-0.1, -0.05) is 29.3 Å². The molecule has 1 aromatic rings. The third-order valence-electron chi connectivity index (χ3n) is 3.19. The van der Waals surface area contributed by atoms with E-state index in [-0.39, 0.29) is 0 Å². The number of nitrogens with one attached hydrogen (secondary N) is 2. The van der Waals surface area contributed by atoms with Gasteiger partial charge in [0.15, 0.2) is 0 Å². The van der Waals surface area contributed by atoms with Gasteiger partial charge in [-0.3, -0.25) is 0 Å². The van der Waals surface area contributed by atoms with Gasteiger partial charge in [0.05, 0.1) is 17.2 Å². The molecular formula is C14H18Cl2N2O2. The van der Waals surface area contributed by atoms with E-state index in [9.17, 15) is 4.79 Å². The van der Waals surface area contributed by atoms with Gasteiger partial charge in [0, 0.05) is 19.1 Å². The van der Waals surface area contributed by atoms with Crippen molar-refractivity contribution in [2.24, 2.45) is 0 Å². The molecule has 110 valence electrons. The molecule has 2 N–H and O–H groups in total. The number of ether oxygens (including phenoxy) is 1. The van der Waals surface area contributed by atoms with Crippen molar-refractivity contribution in [1.82, 2.24) is 10.6 Å². The molecule has 1 saturated carbocycles. The second kappa shape index (κ2) is 7.16. The zero-order chi connectivity index (χ0) is 14.5. The maximum absolute atomic E-state index is 11.0. The lowest BCUT2D eigenvalue weighted by Crippen LogP contribution is -2.25. The lowest BCUT2D eigenvalue weighted by atomic mass is 10.1. The van der Waals surface area contributed by atoms with Gasteiger partial charge in [-0.25, -0.2) is 4.79 Å². The second-order valence-corrected chi connectivity index (χ2v) is 5.66. The fourth-order valence-electron chi connectivity index (χ4n) is 1.90. The highest BCUT2D eigenvalue weighted by Gasteiger charge is 2.20. The molecule has 0 aliphatic heterocycles.